The number of ether oxygens (including phenoxy) is 1. The number of benzene rings is 2. The molecule has 10 heteroatoms. The third-order valence-corrected chi connectivity index (χ3v) is 7.23. The number of carbonyl (C=O) groups excluding carboxylic acids is 2. The number of aromatic nitrogens is 2. The molecule has 0 radical (unpaired) electrons. The molecule has 1 aromatic heterocycles. The zero-order valence-corrected chi connectivity index (χ0v) is 19.8. The summed E-state index contributed by atoms with van der Waals surface area (Å²) in [6.07, 6.45) is 0. The first-order chi connectivity index (χ1) is 17.3. The average Bonchev–Trinajstić information content (AvgIpc) is 3.44. The quantitative estimate of drug-likeness (QED) is 0.422. The Labute approximate surface area is 206 Å². The summed E-state index contributed by atoms with van der Waals surface area (Å²) in [5.74, 6) is -4.94. The summed E-state index contributed by atoms with van der Waals surface area (Å²) in [6, 6.07) is 17.2. The maximum atomic E-state index is 13.7. The first kappa shape index (κ1) is 23.7. The fourth-order valence-corrected chi connectivity index (χ4v) is 5.42. The van der Waals surface area contributed by atoms with E-state index in [0.29, 0.717) is 11.4 Å². The normalized spacial score (nSPS) is 25.1. The fourth-order valence-electron chi connectivity index (χ4n) is 5.42. The lowest BCUT2D eigenvalue weighted by Crippen LogP contribution is -2.58. The van der Waals surface area contributed by atoms with Gasteiger partial charge in [-0.05, 0) is 24.6 Å². The number of hydrogen-bond donors (Lipinski definition) is 3. The smallest absolute Gasteiger partial charge is 0.327 e. The lowest BCUT2D eigenvalue weighted by atomic mass is 9.79. The van der Waals surface area contributed by atoms with Gasteiger partial charge >= 0.3 is 5.97 Å². The van der Waals surface area contributed by atoms with Crippen LogP contribution in [-0.4, -0.2) is 44.4 Å². The highest BCUT2D eigenvalue weighted by Crippen LogP contribution is 2.46. The molecule has 3 N–H and O–H groups in total. The van der Waals surface area contributed by atoms with E-state index in [-0.39, 0.29) is 18.8 Å². The molecule has 36 heavy (non-hydrogen) atoms. The summed E-state index contributed by atoms with van der Waals surface area (Å²) in [5, 5.41) is 15.6. The molecule has 2 amide bonds. The van der Waals surface area contributed by atoms with E-state index in [1.54, 1.807) is 42.9 Å². The van der Waals surface area contributed by atoms with Crippen molar-refractivity contribution in [2.45, 2.75) is 25.1 Å². The van der Waals surface area contributed by atoms with Gasteiger partial charge in [0.05, 0.1) is 42.3 Å². The molecule has 3 heterocycles. The van der Waals surface area contributed by atoms with Crippen LogP contribution < -0.4 is 16.2 Å². The Balaban J connectivity index is 1.56. The molecular formula is C26H26N4O6. The van der Waals surface area contributed by atoms with E-state index < -0.39 is 46.8 Å². The van der Waals surface area contributed by atoms with Crippen molar-refractivity contribution in [3.63, 3.8) is 0 Å². The molecule has 4 unspecified atom stereocenters. The second kappa shape index (κ2) is 8.89. The number of amides is 2. The number of carbonyl (C=O) groups is 3. The summed E-state index contributed by atoms with van der Waals surface area (Å²) < 4.78 is 8.90. The van der Waals surface area contributed by atoms with Crippen LogP contribution in [0.5, 0.6) is 0 Å². The van der Waals surface area contributed by atoms with E-state index in [2.05, 4.69) is 10.6 Å². The van der Waals surface area contributed by atoms with E-state index in [1.165, 1.54) is 4.68 Å². The molecule has 0 aliphatic carbocycles. The van der Waals surface area contributed by atoms with Gasteiger partial charge in [0.15, 0.2) is 5.54 Å². The fraction of sp³-hybridized carbons (Fsp3) is 0.308. The minimum atomic E-state index is -1.90. The molecule has 2 saturated heterocycles. The van der Waals surface area contributed by atoms with Crippen LogP contribution in [-0.2, 0) is 32.8 Å². The van der Waals surface area contributed by atoms with Crippen molar-refractivity contribution in [3.8, 4) is 5.69 Å². The highest BCUT2D eigenvalue weighted by molar-refractivity contribution is 6.09. The molecule has 3 aromatic rings. The van der Waals surface area contributed by atoms with Gasteiger partial charge in [-0.3, -0.25) is 34.5 Å². The van der Waals surface area contributed by atoms with E-state index in [4.69, 9.17) is 4.74 Å². The van der Waals surface area contributed by atoms with Gasteiger partial charge in [-0.1, -0.05) is 48.5 Å². The van der Waals surface area contributed by atoms with Crippen molar-refractivity contribution < 1.29 is 24.2 Å². The predicted molar refractivity (Wildman–Crippen MR) is 128 cm³/mol. The highest BCUT2D eigenvalue weighted by atomic mass is 16.5. The number of nitrogens with one attached hydrogen (secondary N) is 2. The third kappa shape index (κ3) is 3.57. The van der Waals surface area contributed by atoms with Crippen molar-refractivity contribution in [2.24, 2.45) is 18.9 Å². The summed E-state index contributed by atoms with van der Waals surface area (Å²) in [4.78, 5) is 52.1. The Hall–Kier alpha value is -4.02. The molecule has 2 aliphatic rings. The van der Waals surface area contributed by atoms with Crippen molar-refractivity contribution in [1.82, 2.24) is 20.0 Å². The minimum Gasteiger partial charge on any atom is -0.480 e. The van der Waals surface area contributed by atoms with Gasteiger partial charge in [-0.25, -0.2) is 4.68 Å². The summed E-state index contributed by atoms with van der Waals surface area (Å²) in [6.45, 7) is 1.49. The van der Waals surface area contributed by atoms with Gasteiger partial charge in [-0.15, -0.1) is 0 Å². The number of hydrogen-bond acceptors (Lipinski definition) is 6. The molecular weight excluding hydrogens is 464 g/mol. The number of nitrogens with zero attached hydrogens (tertiary/aromatic N) is 2. The van der Waals surface area contributed by atoms with Gasteiger partial charge < -0.3 is 9.84 Å². The van der Waals surface area contributed by atoms with E-state index in [9.17, 15) is 24.3 Å². The number of imide groups is 1. The SMILES string of the molecule is Cc1c(C2NC(COCc3ccccc3)(C(=O)O)C3C(=O)NC(=O)C23)c(=O)n(-c2ccccc2)n1C. The van der Waals surface area contributed by atoms with Crippen molar-refractivity contribution in [2.75, 3.05) is 6.61 Å². The molecule has 2 aliphatic heterocycles. The number of aliphatic carboxylic acids is 1. The van der Waals surface area contributed by atoms with Crippen LogP contribution in [0.2, 0.25) is 0 Å². The van der Waals surface area contributed by atoms with Crippen LogP contribution in [0.25, 0.3) is 5.69 Å². The second-order valence-corrected chi connectivity index (χ2v) is 9.21. The maximum Gasteiger partial charge on any atom is 0.327 e. The van der Waals surface area contributed by atoms with Crippen LogP contribution in [0.15, 0.2) is 65.5 Å². The lowest BCUT2D eigenvalue weighted by molar-refractivity contribution is -0.152. The van der Waals surface area contributed by atoms with E-state index in [0.717, 1.165) is 5.56 Å². The lowest BCUT2D eigenvalue weighted by Gasteiger charge is -2.29. The predicted octanol–water partition coefficient (Wildman–Crippen LogP) is 1.06. The Morgan fingerprint density at radius 2 is 1.67 bits per heavy atom. The van der Waals surface area contributed by atoms with Crippen LogP contribution in [0.1, 0.15) is 22.9 Å². The first-order valence-corrected chi connectivity index (χ1v) is 11.6. The number of carboxylic acid groups (broad SMARTS) is 1. The first-order valence-electron chi connectivity index (χ1n) is 11.6. The van der Waals surface area contributed by atoms with Crippen molar-refractivity contribution >= 4 is 17.8 Å². The standard InChI is InChI=1S/C26H26N4O6/c1-15-18(24(33)30(29(15)2)17-11-7-4-8-12-17)21-19-20(23(32)27-22(19)31)26(28-21,25(34)35)14-36-13-16-9-5-3-6-10-16/h3-12,19-21,28H,13-14H2,1-2H3,(H,34,35)(H,27,31,32). The van der Waals surface area contributed by atoms with Crippen molar-refractivity contribution in [1.29, 1.82) is 0 Å². The molecule has 10 nitrogen and oxygen atoms in total. The molecule has 0 spiro atoms. The molecule has 0 saturated carbocycles. The average molecular weight is 491 g/mol. The summed E-state index contributed by atoms with van der Waals surface area (Å²) in [5.41, 5.74) is -0.0357. The van der Waals surface area contributed by atoms with Crippen molar-refractivity contribution in [3.05, 3.63) is 87.8 Å². The molecule has 5 rings (SSSR count). The number of para-hydroxylation sites is 1. The second-order valence-electron chi connectivity index (χ2n) is 9.21. The Morgan fingerprint density at radius 1 is 1.03 bits per heavy atom. The van der Waals surface area contributed by atoms with Crippen LogP contribution in [0.4, 0.5) is 0 Å². The topological polar surface area (TPSA) is 132 Å². The summed E-state index contributed by atoms with van der Waals surface area (Å²) >= 11 is 0. The van der Waals surface area contributed by atoms with E-state index in [1.807, 2.05) is 36.4 Å². The zero-order chi connectivity index (χ0) is 25.6. The van der Waals surface area contributed by atoms with Crippen LogP contribution in [0, 0.1) is 18.8 Å². The summed E-state index contributed by atoms with van der Waals surface area (Å²) in [7, 11) is 1.72. The van der Waals surface area contributed by atoms with Gasteiger partial charge in [0.25, 0.3) is 5.56 Å². The molecule has 2 fully saturated rings. The Bertz CT molecular complexity index is 1400. The Kier molecular flexibility index (Phi) is 5.85. The largest absolute Gasteiger partial charge is 0.480 e. The van der Waals surface area contributed by atoms with Crippen LogP contribution >= 0.6 is 0 Å². The van der Waals surface area contributed by atoms with Gasteiger partial charge in [0.1, 0.15) is 0 Å². The van der Waals surface area contributed by atoms with Gasteiger partial charge in [0.2, 0.25) is 11.8 Å². The van der Waals surface area contributed by atoms with Gasteiger partial charge in [0, 0.05) is 12.7 Å². The number of carboxylic acids is 1. The van der Waals surface area contributed by atoms with E-state index >= 15 is 0 Å². The molecule has 186 valence electrons. The molecule has 0 bridgehead atoms. The number of fused-ring (bicyclic) bond motifs is 1. The third-order valence-electron chi connectivity index (χ3n) is 7.23. The van der Waals surface area contributed by atoms with Crippen LogP contribution in [0.3, 0.4) is 0 Å². The van der Waals surface area contributed by atoms with Gasteiger partial charge in [-0.2, -0.15) is 0 Å². The number of rotatable bonds is 7. The monoisotopic (exact) mass is 490 g/mol. The molecule has 4 atom stereocenters. The minimum absolute atomic E-state index is 0.125. The highest BCUT2D eigenvalue weighted by Gasteiger charge is 2.67. The maximum absolute atomic E-state index is 13.7. The Morgan fingerprint density at radius 3 is 2.31 bits per heavy atom. The molecule has 2 aromatic carbocycles. The zero-order valence-electron chi connectivity index (χ0n) is 19.8.